The molecule has 2 aliphatic rings. The highest BCUT2D eigenvalue weighted by atomic mass is 32.2. The van der Waals surface area contributed by atoms with Crippen molar-refractivity contribution in [3.63, 3.8) is 0 Å². The first-order valence-corrected chi connectivity index (χ1v) is 10.7. The second kappa shape index (κ2) is 7.09. The third-order valence-corrected chi connectivity index (χ3v) is 6.47. The van der Waals surface area contributed by atoms with Gasteiger partial charge in [0.15, 0.2) is 0 Å². The second-order valence-electron chi connectivity index (χ2n) is 7.11. The van der Waals surface area contributed by atoms with Gasteiger partial charge in [0, 0.05) is 18.2 Å². The molecule has 0 unspecified atom stereocenters. The van der Waals surface area contributed by atoms with Crippen molar-refractivity contribution in [2.45, 2.75) is 30.6 Å². The number of carbonyl (C=O) groups excluding carboxylic acids is 1. The van der Waals surface area contributed by atoms with Crippen LogP contribution in [0, 0.1) is 11.7 Å². The number of sulfonamides is 1. The summed E-state index contributed by atoms with van der Waals surface area (Å²) in [6, 6.07) is 8.50. The molecule has 2 aromatic rings. The third kappa shape index (κ3) is 3.56. The highest BCUT2D eigenvalue weighted by Crippen LogP contribution is 2.37. The molecule has 1 fully saturated rings. The van der Waals surface area contributed by atoms with Crippen molar-refractivity contribution in [1.82, 2.24) is 0 Å². The normalized spacial score (nSPS) is 16.4. The Morgan fingerprint density at radius 1 is 1.21 bits per heavy atom. The Bertz CT molecular complexity index is 1030. The third-order valence-electron chi connectivity index (χ3n) is 5.06. The lowest BCUT2D eigenvalue weighted by atomic mass is 10.0. The minimum Gasteiger partial charge on any atom is -0.495 e. The molecular weight excluding hydrogens is 383 g/mol. The molecular formula is C20H21FN2O4S. The number of amides is 1. The Morgan fingerprint density at radius 3 is 2.71 bits per heavy atom. The zero-order valence-electron chi connectivity index (χ0n) is 15.4. The van der Waals surface area contributed by atoms with Gasteiger partial charge in [0.1, 0.15) is 16.5 Å². The summed E-state index contributed by atoms with van der Waals surface area (Å²) in [5.41, 5.74) is 2.08. The van der Waals surface area contributed by atoms with E-state index in [0.29, 0.717) is 12.2 Å². The molecule has 1 heterocycles. The van der Waals surface area contributed by atoms with Crippen LogP contribution in [0.5, 0.6) is 5.75 Å². The smallest absolute Gasteiger partial charge is 0.265 e. The maximum absolute atomic E-state index is 13.6. The van der Waals surface area contributed by atoms with Gasteiger partial charge in [-0.15, -0.1) is 0 Å². The number of ether oxygens (including phenoxy) is 1. The minimum atomic E-state index is -4.07. The predicted molar refractivity (Wildman–Crippen MR) is 104 cm³/mol. The standard InChI is InChI=1S/C20H21FN2O4S/c1-27-18-9-7-15(21)11-19(18)28(25,26)22-16-8-6-13-3-2-10-23(17(13)12-16)20(24)14-4-5-14/h6-9,11-12,14,22H,2-5,10H2,1H3. The van der Waals surface area contributed by atoms with Gasteiger partial charge in [-0.3, -0.25) is 9.52 Å². The number of fused-ring (bicyclic) bond motifs is 1. The van der Waals surface area contributed by atoms with Gasteiger partial charge in [0.05, 0.1) is 12.8 Å². The minimum absolute atomic E-state index is 0.0531. The largest absolute Gasteiger partial charge is 0.495 e. The van der Waals surface area contributed by atoms with Crippen LogP contribution in [0.4, 0.5) is 15.8 Å². The summed E-state index contributed by atoms with van der Waals surface area (Å²) in [5.74, 6) is -0.430. The van der Waals surface area contributed by atoms with Gasteiger partial charge >= 0.3 is 0 Å². The molecule has 148 valence electrons. The summed E-state index contributed by atoms with van der Waals surface area (Å²) in [6.07, 6.45) is 3.55. The summed E-state index contributed by atoms with van der Waals surface area (Å²) in [6.45, 7) is 0.635. The number of hydrogen-bond acceptors (Lipinski definition) is 4. The maximum Gasteiger partial charge on any atom is 0.265 e. The molecule has 6 nitrogen and oxygen atoms in total. The van der Waals surface area contributed by atoms with Gasteiger partial charge in [-0.2, -0.15) is 0 Å². The molecule has 1 amide bonds. The fourth-order valence-corrected chi connectivity index (χ4v) is 4.72. The first-order valence-electron chi connectivity index (χ1n) is 9.20. The fourth-order valence-electron chi connectivity index (χ4n) is 3.49. The average molecular weight is 404 g/mol. The molecule has 1 saturated carbocycles. The van der Waals surface area contributed by atoms with Gasteiger partial charge in [-0.1, -0.05) is 6.07 Å². The van der Waals surface area contributed by atoms with Crippen molar-refractivity contribution in [2.75, 3.05) is 23.3 Å². The number of hydrogen-bond donors (Lipinski definition) is 1. The molecule has 28 heavy (non-hydrogen) atoms. The van der Waals surface area contributed by atoms with Crippen LogP contribution in [0.3, 0.4) is 0 Å². The van der Waals surface area contributed by atoms with E-state index in [9.17, 15) is 17.6 Å². The second-order valence-corrected chi connectivity index (χ2v) is 8.76. The van der Waals surface area contributed by atoms with E-state index in [1.165, 1.54) is 13.2 Å². The lowest BCUT2D eigenvalue weighted by Crippen LogP contribution is -2.36. The summed E-state index contributed by atoms with van der Waals surface area (Å²) in [5, 5.41) is 0. The van der Waals surface area contributed by atoms with Gasteiger partial charge in [0.2, 0.25) is 5.91 Å². The Labute approximate surface area is 163 Å². The van der Waals surface area contributed by atoms with Gasteiger partial charge in [0.25, 0.3) is 10.0 Å². The van der Waals surface area contributed by atoms with Crippen LogP contribution in [0.25, 0.3) is 0 Å². The first kappa shape index (κ1) is 18.7. The number of benzene rings is 2. The van der Waals surface area contributed by atoms with Crippen LogP contribution >= 0.6 is 0 Å². The average Bonchev–Trinajstić information content (AvgIpc) is 3.52. The Balaban J connectivity index is 1.66. The van der Waals surface area contributed by atoms with Crippen LogP contribution in [0.1, 0.15) is 24.8 Å². The molecule has 0 saturated heterocycles. The van der Waals surface area contributed by atoms with E-state index in [0.717, 1.165) is 49.1 Å². The SMILES string of the molecule is COc1ccc(F)cc1S(=O)(=O)Nc1ccc2c(c1)N(C(=O)C1CC1)CCC2. The molecule has 1 aliphatic carbocycles. The molecule has 0 bridgehead atoms. The van der Waals surface area contributed by atoms with Crippen LogP contribution in [-0.2, 0) is 21.2 Å². The van der Waals surface area contributed by atoms with E-state index in [1.54, 1.807) is 17.0 Å². The Hall–Kier alpha value is -2.61. The number of carbonyl (C=O) groups is 1. The molecule has 0 atom stereocenters. The molecule has 2 aromatic carbocycles. The number of rotatable bonds is 5. The zero-order valence-corrected chi connectivity index (χ0v) is 16.3. The van der Waals surface area contributed by atoms with Crippen LogP contribution in [0.15, 0.2) is 41.3 Å². The topological polar surface area (TPSA) is 75.7 Å². The Morgan fingerprint density at radius 2 is 2.00 bits per heavy atom. The van der Waals surface area contributed by atoms with E-state index in [1.807, 2.05) is 6.07 Å². The van der Waals surface area contributed by atoms with E-state index in [-0.39, 0.29) is 22.5 Å². The molecule has 1 aliphatic heterocycles. The number of methoxy groups -OCH3 is 1. The highest BCUT2D eigenvalue weighted by molar-refractivity contribution is 7.92. The molecule has 0 spiro atoms. The van der Waals surface area contributed by atoms with E-state index < -0.39 is 15.8 Å². The molecule has 0 aromatic heterocycles. The van der Waals surface area contributed by atoms with Gasteiger partial charge in [-0.05, 0) is 61.6 Å². The van der Waals surface area contributed by atoms with Crippen molar-refractivity contribution in [3.05, 3.63) is 47.8 Å². The highest BCUT2D eigenvalue weighted by Gasteiger charge is 2.35. The van der Waals surface area contributed by atoms with Crippen molar-refractivity contribution in [1.29, 1.82) is 0 Å². The van der Waals surface area contributed by atoms with Crippen LogP contribution < -0.4 is 14.4 Å². The van der Waals surface area contributed by atoms with Gasteiger partial charge < -0.3 is 9.64 Å². The Kier molecular flexibility index (Phi) is 4.74. The molecule has 4 rings (SSSR count). The summed E-state index contributed by atoms with van der Waals surface area (Å²) < 4.78 is 46.7. The first-order chi connectivity index (χ1) is 13.4. The lowest BCUT2D eigenvalue weighted by molar-refractivity contribution is -0.119. The maximum atomic E-state index is 13.6. The monoisotopic (exact) mass is 404 g/mol. The molecule has 1 N–H and O–H groups in total. The quantitative estimate of drug-likeness (QED) is 0.830. The number of nitrogens with one attached hydrogen (secondary N) is 1. The summed E-state index contributed by atoms with van der Waals surface area (Å²) in [4.78, 5) is 14.1. The van der Waals surface area contributed by atoms with Crippen molar-refractivity contribution >= 4 is 27.3 Å². The van der Waals surface area contributed by atoms with E-state index >= 15 is 0 Å². The number of nitrogens with zero attached hydrogens (tertiary/aromatic N) is 1. The zero-order chi connectivity index (χ0) is 19.9. The molecule has 8 heteroatoms. The van der Waals surface area contributed by atoms with Crippen molar-refractivity contribution in [2.24, 2.45) is 5.92 Å². The van der Waals surface area contributed by atoms with Crippen molar-refractivity contribution < 1.29 is 22.3 Å². The van der Waals surface area contributed by atoms with Crippen LogP contribution in [0.2, 0.25) is 0 Å². The number of anilines is 2. The fraction of sp³-hybridized carbons (Fsp3) is 0.350. The lowest BCUT2D eigenvalue weighted by Gasteiger charge is -2.30. The van der Waals surface area contributed by atoms with Crippen LogP contribution in [-0.4, -0.2) is 28.0 Å². The number of halogens is 1. The van der Waals surface area contributed by atoms with Gasteiger partial charge in [-0.25, -0.2) is 12.8 Å². The molecule has 0 radical (unpaired) electrons. The summed E-state index contributed by atoms with van der Waals surface area (Å²) >= 11 is 0. The van der Waals surface area contributed by atoms with E-state index in [4.69, 9.17) is 4.74 Å². The summed E-state index contributed by atoms with van der Waals surface area (Å²) in [7, 11) is -2.74. The van der Waals surface area contributed by atoms with E-state index in [2.05, 4.69) is 4.72 Å². The predicted octanol–water partition coefficient (Wildman–Crippen LogP) is 3.32. The van der Waals surface area contributed by atoms with Crippen molar-refractivity contribution in [3.8, 4) is 5.75 Å². The number of aryl methyl sites for hydroxylation is 1.